The molecule has 0 radical (unpaired) electrons. The Morgan fingerprint density at radius 3 is 2.92 bits per heavy atom. The molecule has 5 nitrogen and oxygen atoms in total. The highest BCUT2D eigenvalue weighted by atomic mass is 16.5. The fraction of sp³-hybridized carbons (Fsp3) is 0.632. The van der Waals surface area contributed by atoms with Crippen LogP contribution in [0, 0.1) is 18.8 Å². The number of aliphatic hydroxyl groups is 1. The van der Waals surface area contributed by atoms with Crippen molar-refractivity contribution in [2.75, 3.05) is 26.3 Å². The molecule has 1 saturated carbocycles. The SMILES string of the molecule is Cc1ccc(CNC(=O)N2CCCC(CO)C2)c(OCC2CC2)c1. The molecule has 1 aromatic carbocycles. The fourth-order valence-corrected chi connectivity index (χ4v) is 3.12. The van der Waals surface area contributed by atoms with Gasteiger partial charge in [-0.05, 0) is 56.1 Å². The van der Waals surface area contributed by atoms with Crippen LogP contribution in [-0.4, -0.2) is 42.3 Å². The van der Waals surface area contributed by atoms with E-state index in [2.05, 4.69) is 12.2 Å². The molecule has 0 aromatic heterocycles. The van der Waals surface area contributed by atoms with Crippen molar-refractivity contribution in [2.24, 2.45) is 11.8 Å². The Balaban J connectivity index is 1.55. The van der Waals surface area contributed by atoms with Gasteiger partial charge in [0.25, 0.3) is 0 Å². The molecule has 24 heavy (non-hydrogen) atoms. The number of benzene rings is 1. The molecule has 2 aliphatic rings. The second kappa shape index (κ2) is 7.88. The average Bonchev–Trinajstić information content (AvgIpc) is 3.43. The zero-order valence-electron chi connectivity index (χ0n) is 14.5. The van der Waals surface area contributed by atoms with Gasteiger partial charge in [-0.1, -0.05) is 12.1 Å². The van der Waals surface area contributed by atoms with Crippen LogP contribution in [0.25, 0.3) is 0 Å². The first-order valence-corrected chi connectivity index (χ1v) is 9.01. The van der Waals surface area contributed by atoms with E-state index >= 15 is 0 Å². The molecule has 1 heterocycles. The predicted octanol–water partition coefficient (Wildman–Crippen LogP) is 2.70. The van der Waals surface area contributed by atoms with Crippen molar-refractivity contribution in [1.29, 1.82) is 0 Å². The van der Waals surface area contributed by atoms with Gasteiger partial charge in [0.1, 0.15) is 5.75 Å². The number of rotatable bonds is 6. The van der Waals surface area contributed by atoms with Gasteiger partial charge in [-0.2, -0.15) is 0 Å². The lowest BCUT2D eigenvalue weighted by atomic mass is 9.99. The van der Waals surface area contributed by atoms with E-state index in [0.717, 1.165) is 42.9 Å². The van der Waals surface area contributed by atoms with Crippen LogP contribution >= 0.6 is 0 Å². The molecule has 2 N–H and O–H groups in total. The molecule has 1 saturated heterocycles. The molecule has 0 spiro atoms. The van der Waals surface area contributed by atoms with E-state index in [1.165, 1.54) is 12.8 Å². The molecule has 5 heteroatoms. The van der Waals surface area contributed by atoms with E-state index in [4.69, 9.17) is 4.74 Å². The first kappa shape index (κ1) is 17.1. The number of aliphatic hydroxyl groups excluding tert-OH is 1. The summed E-state index contributed by atoms with van der Waals surface area (Å²) in [6.07, 6.45) is 4.48. The lowest BCUT2D eigenvalue weighted by Crippen LogP contribution is -2.45. The number of aryl methyl sites for hydroxylation is 1. The standard InChI is InChI=1S/C19H28N2O3/c1-14-4-7-17(18(9-14)24-13-15-5-6-15)10-20-19(23)21-8-2-3-16(11-21)12-22/h4,7,9,15-16,22H,2-3,5-6,8,10-13H2,1H3,(H,20,23). The minimum atomic E-state index is -0.0538. The third-order valence-corrected chi connectivity index (χ3v) is 4.89. The summed E-state index contributed by atoms with van der Waals surface area (Å²) in [7, 11) is 0. The maximum absolute atomic E-state index is 12.4. The second-order valence-corrected chi connectivity index (χ2v) is 7.16. The molecule has 1 atom stereocenters. The van der Waals surface area contributed by atoms with E-state index in [1.807, 2.05) is 23.1 Å². The Morgan fingerprint density at radius 1 is 1.33 bits per heavy atom. The largest absolute Gasteiger partial charge is 0.493 e. The maximum atomic E-state index is 12.4. The number of nitrogens with zero attached hydrogens (tertiary/aromatic N) is 1. The summed E-state index contributed by atoms with van der Waals surface area (Å²) in [6, 6.07) is 6.08. The summed E-state index contributed by atoms with van der Waals surface area (Å²) in [6.45, 7) is 4.85. The van der Waals surface area contributed by atoms with E-state index in [1.54, 1.807) is 0 Å². The smallest absolute Gasteiger partial charge is 0.317 e. The van der Waals surface area contributed by atoms with Gasteiger partial charge in [-0.25, -0.2) is 4.79 Å². The van der Waals surface area contributed by atoms with Gasteiger partial charge in [0, 0.05) is 31.8 Å². The Kier molecular flexibility index (Phi) is 5.61. The Bertz CT molecular complexity index is 572. The molecule has 1 unspecified atom stereocenters. The van der Waals surface area contributed by atoms with Crippen LogP contribution in [0.4, 0.5) is 4.79 Å². The summed E-state index contributed by atoms with van der Waals surface area (Å²) in [5, 5.41) is 12.3. The van der Waals surface area contributed by atoms with Crippen molar-refractivity contribution in [2.45, 2.75) is 39.2 Å². The van der Waals surface area contributed by atoms with Crippen LogP contribution in [-0.2, 0) is 6.54 Å². The molecular formula is C19H28N2O3. The molecule has 2 amide bonds. The molecule has 3 rings (SSSR count). The van der Waals surface area contributed by atoms with Crippen LogP contribution < -0.4 is 10.1 Å². The number of amides is 2. The zero-order chi connectivity index (χ0) is 16.9. The Labute approximate surface area is 144 Å². The third kappa shape index (κ3) is 4.63. The van der Waals surface area contributed by atoms with Crippen molar-refractivity contribution in [3.63, 3.8) is 0 Å². The van der Waals surface area contributed by atoms with Crippen LogP contribution in [0.15, 0.2) is 18.2 Å². The van der Waals surface area contributed by atoms with Crippen LogP contribution in [0.5, 0.6) is 5.75 Å². The lowest BCUT2D eigenvalue weighted by Gasteiger charge is -2.31. The number of urea groups is 1. The third-order valence-electron chi connectivity index (χ3n) is 4.89. The summed E-state index contributed by atoms with van der Waals surface area (Å²) in [5.74, 6) is 1.80. The van der Waals surface area contributed by atoms with Gasteiger partial charge in [-0.15, -0.1) is 0 Å². The lowest BCUT2D eigenvalue weighted by molar-refractivity contribution is 0.129. The predicted molar refractivity (Wildman–Crippen MR) is 93.0 cm³/mol. The number of ether oxygens (including phenoxy) is 1. The molecule has 1 aromatic rings. The maximum Gasteiger partial charge on any atom is 0.317 e. The Morgan fingerprint density at radius 2 is 2.17 bits per heavy atom. The summed E-state index contributed by atoms with van der Waals surface area (Å²) >= 11 is 0. The van der Waals surface area contributed by atoms with Gasteiger partial charge >= 0.3 is 6.03 Å². The number of nitrogens with one attached hydrogen (secondary N) is 1. The van der Waals surface area contributed by atoms with E-state index in [0.29, 0.717) is 19.0 Å². The van der Waals surface area contributed by atoms with Crippen molar-refractivity contribution >= 4 is 6.03 Å². The molecular weight excluding hydrogens is 304 g/mol. The quantitative estimate of drug-likeness (QED) is 0.842. The van der Waals surface area contributed by atoms with Gasteiger partial charge in [-0.3, -0.25) is 0 Å². The van der Waals surface area contributed by atoms with Crippen molar-refractivity contribution < 1.29 is 14.6 Å². The number of hydrogen-bond donors (Lipinski definition) is 2. The van der Waals surface area contributed by atoms with Crippen molar-refractivity contribution in [1.82, 2.24) is 10.2 Å². The topological polar surface area (TPSA) is 61.8 Å². The number of carbonyl (C=O) groups excluding carboxylic acids is 1. The second-order valence-electron chi connectivity index (χ2n) is 7.16. The molecule has 132 valence electrons. The average molecular weight is 332 g/mol. The summed E-state index contributed by atoms with van der Waals surface area (Å²) in [4.78, 5) is 14.2. The molecule has 1 aliphatic carbocycles. The van der Waals surface area contributed by atoms with E-state index < -0.39 is 0 Å². The minimum absolute atomic E-state index is 0.0538. The monoisotopic (exact) mass is 332 g/mol. The van der Waals surface area contributed by atoms with E-state index in [-0.39, 0.29) is 18.6 Å². The van der Waals surface area contributed by atoms with Crippen molar-refractivity contribution in [3.05, 3.63) is 29.3 Å². The highest BCUT2D eigenvalue weighted by molar-refractivity contribution is 5.74. The first-order chi connectivity index (χ1) is 11.7. The van der Waals surface area contributed by atoms with Crippen LogP contribution in [0.1, 0.15) is 36.8 Å². The van der Waals surface area contributed by atoms with Gasteiger partial charge in [0.05, 0.1) is 6.61 Å². The normalized spacial score (nSPS) is 20.8. The molecule has 0 bridgehead atoms. The fourth-order valence-electron chi connectivity index (χ4n) is 3.12. The number of hydrogen-bond acceptors (Lipinski definition) is 3. The van der Waals surface area contributed by atoms with Gasteiger partial charge in [0.2, 0.25) is 0 Å². The summed E-state index contributed by atoms with van der Waals surface area (Å²) < 4.78 is 5.96. The molecule has 1 aliphatic heterocycles. The van der Waals surface area contributed by atoms with Crippen LogP contribution in [0.3, 0.4) is 0 Å². The molecule has 2 fully saturated rings. The zero-order valence-corrected chi connectivity index (χ0v) is 14.5. The van der Waals surface area contributed by atoms with Crippen LogP contribution in [0.2, 0.25) is 0 Å². The number of carbonyl (C=O) groups is 1. The number of piperidine rings is 1. The van der Waals surface area contributed by atoms with E-state index in [9.17, 15) is 9.90 Å². The van der Waals surface area contributed by atoms with Gasteiger partial charge < -0.3 is 20.1 Å². The highest BCUT2D eigenvalue weighted by Gasteiger charge is 2.24. The Hall–Kier alpha value is -1.75. The number of likely N-dealkylation sites (tertiary alicyclic amines) is 1. The highest BCUT2D eigenvalue weighted by Crippen LogP contribution is 2.30. The summed E-state index contributed by atoms with van der Waals surface area (Å²) in [5.41, 5.74) is 2.18. The van der Waals surface area contributed by atoms with Gasteiger partial charge in [0.15, 0.2) is 0 Å². The minimum Gasteiger partial charge on any atom is -0.493 e. The van der Waals surface area contributed by atoms with Crippen molar-refractivity contribution in [3.8, 4) is 5.75 Å². The first-order valence-electron chi connectivity index (χ1n) is 9.01.